The molecule has 0 spiro atoms. The summed E-state index contributed by atoms with van der Waals surface area (Å²) in [5.74, 6) is -1.60. The van der Waals surface area contributed by atoms with Crippen molar-refractivity contribution in [3.63, 3.8) is 0 Å². The molecule has 5 atom stereocenters. The van der Waals surface area contributed by atoms with Crippen molar-refractivity contribution in [1.29, 1.82) is 0 Å². The lowest BCUT2D eigenvalue weighted by atomic mass is 9.91. The standard InChI is InChI=1S/C38H49N5O6S/c1-25(2)43-31-20-14-19-30(27-16-11-9-12-17-27)34(31)39-37(43)49-29-21-32-33(44)23-38(36(46)40-50(47,48)41(4)5)22-28(38)18-13-8-6-7-10-15-26(3)35(45)42(32)24-29/h9,11-14,16-20,25-26,28-29,32H,6-8,10,15,21-24H2,1-5H3,(H,40,46)/b18-13-/t26-,28-,29+,32-,38+/m0/s1. The number of benzene rings is 2. The molecule has 6 rings (SSSR count). The topological polar surface area (TPSA) is 131 Å². The van der Waals surface area contributed by atoms with Crippen LogP contribution in [0.4, 0.5) is 0 Å². The fourth-order valence-corrected chi connectivity index (χ4v) is 8.16. The zero-order valence-corrected chi connectivity index (χ0v) is 30.5. The maximum absolute atomic E-state index is 14.3. The molecule has 0 radical (unpaired) electrons. The lowest BCUT2D eigenvalue weighted by molar-refractivity contribution is -0.141. The molecule has 11 nitrogen and oxygen atoms in total. The van der Waals surface area contributed by atoms with Gasteiger partial charge in [-0.3, -0.25) is 19.0 Å². The number of amides is 2. The number of hydrogen-bond donors (Lipinski definition) is 1. The Morgan fingerprint density at radius 1 is 1.06 bits per heavy atom. The summed E-state index contributed by atoms with van der Waals surface area (Å²) < 4.78 is 37.2. The second kappa shape index (κ2) is 14.3. The summed E-state index contributed by atoms with van der Waals surface area (Å²) in [5.41, 5.74) is 2.57. The lowest BCUT2D eigenvalue weighted by Crippen LogP contribution is -2.47. The summed E-state index contributed by atoms with van der Waals surface area (Å²) in [4.78, 5) is 48.6. The largest absolute Gasteiger partial charge is 0.459 e. The van der Waals surface area contributed by atoms with Crippen LogP contribution in [-0.4, -0.2) is 77.6 Å². The Balaban J connectivity index is 1.32. The maximum atomic E-state index is 14.3. The smallest absolute Gasteiger partial charge is 0.303 e. The van der Waals surface area contributed by atoms with E-state index in [0.29, 0.717) is 18.9 Å². The molecule has 1 saturated heterocycles. The minimum atomic E-state index is -4.06. The molecule has 3 aromatic rings. The number of carbonyl (C=O) groups excluding carboxylic acids is 3. The molecule has 268 valence electrons. The molecule has 0 unspecified atom stereocenters. The molecule has 2 aliphatic heterocycles. The lowest BCUT2D eigenvalue weighted by Gasteiger charge is -2.27. The van der Waals surface area contributed by atoms with Crippen LogP contribution in [0, 0.1) is 17.3 Å². The van der Waals surface area contributed by atoms with E-state index in [4.69, 9.17) is 9.72 Å². The average Bonchev–Trinajstić information content (AvgIpc) is 3.40. The molecule has 1 aromatic heterocycles. The molecule has 0 bridgehead atoms. The number of Topliss-reactive ketones (excluding diaryl/α,β-unsaturated/α-hetero) is 1. The van der Waals surface area contributed by atoms with Gasteiger partial charge in [0, 0.05) is 44.5 Å². The highest BCUT2D eigenvalue weighted by atomic mass is 32.2. The molecular formula is C38H49N5O6S. The number of para-hydroxylation sites is 1. The molecule has 1 aliphatic carbocycles. The number of nitrogens with zero attached hydrogens (tertiary/aromatic N) is 4. The van der Waals surface area contributed by atoms with E-state index in [2.05, 4.69) is 23.1 Å². The van der Waals surface area contributed by atoms with Gasteiger partial charge >= 0.3 is 10.2 Å². The number of ether oxygens (including phenoxy) is 1. The van der Waals surface area contributed by atoms with Gasteiger partial charge in [-0.1, -0.05) is 74.4 Å². The highest BCUT2D eigenvalue weighted by molar-refractivity contribution is 7.87. The zero-order chi connectivity index (χ0) is 35.8. The van der Waals surface area contributed by atoms with Crippen molar-refractivity contribution >= 4 is 38.8 Å². The summed E-state index contributed by atoms with van der Waals surface area (Å²) in [7, 11) is -1.37. The Hall–Kier alpha value is -4.03. The number of allylic oxidation sites excluding steroid dienone is 2. The predicted octanol–water partition coefficient (Wildman–Crippen LogP) is 5.68. The van der Waals surface area contributed by atoms with E-state index in [0.717, 1.165) is 52.1 Å². The van der Waals surface area contributed by atoms with E-state index >= 15 is 0 Å². The first-order valence-electron chi connectivity index (χ1n) is 17.8. The summed E-state index contributed by atoms with van der Waals surface area (Å²) in [5, 5.41) is 0. The quantitative estimate of drug-likeness (QED) is 0.314. The minimum absolute atomic E-state index is 0.0212. The predicted molar refractivity (Wildman–Crippen MR) is 192 cm³/mol. The minimum Gasteiger partial charge on any atom is -0.459 e. The van der Waals surface area contributed by atoms with Crippen molar-refractivity contribution in [3.8, 4) is 17.1 Å². The highest BCUT2D eigenvalue weighted by Gasteiger charge is 2.61. The number of rotatable bonds is 7. The number of ketones is 1. The highest BCUT2D eigenvalue weighted by Crippen LogP contribution is 2.57. The number of aromatic nitrogens is 2. The monoisotopic (exact) mass is 703 g/mol. The van der Waals surface area contributed by atoms with E-state index in [9.17, 15) is 22.8 Å². The molecule has 3 heterocycles. The van der Waals surface area contributed by atoms with Crippen LogP contribution in [-0.2, 0) is 24.6 Å². The van der Waals surface area contributed by atoms with Crippen molar-refractivity contribution in [2.24, 2.45) is 17.3 Å². The third-order valence-electron chi connectivity index (χ3n) is 10.6. The van der Waals surface area contributed by atoms with Gasteiger partial charge in [-0.05, 0) is 57.1 Å². The Labute approximate surface area is 295 Å². The van der Waals surface area contributed by atoms with Crippen LogP contribution in [0.2, 0.25) is 0 Å². The van der Waals surface area contributed by atoms with Crippen LogP contribution >= 0.6 is 0 Å². The molecule has 3 aliphatic rings. The van der Waals surface area contributed by atoms with Gasteiger partial charge in [0.25, 0.3) is 6.01 Å². The van der Waals surface area contributed by atoms with Crippen LogP contribution in [0.3, 0.4) is 0 Å². The number of nitrogens with one attached hydrogen (secondary N) is 1. The van der Waals surface area contributed by atoms with Gasteiger partial charge in [-0.2, -0.15) is 17.7 Å². The van der Waals surface area contributed by atoms with Crippen molar-refractivity contribution in [2.75, 3.05) is 20.6 Å². The second-order valence-electron chi connectivity index (χ2n) is 14.7. The normalized spacial score (nSPS) is 27.1. The third-order valence-corrected chi connectivity index (χ3v) is 12.0. The van der Waals surface area contributed by atoms with Crippen molar-refractivity contribution in [3.05, 3.63) is 60.7 Å². The second-order valence-corrected chi connectivity index (χ2v) is 16.6. The number of imidazole rings is 1. The van der Waals surface area contributed by atoms with E-state index in [1.165, 1.54) is 14.1 Å². The van der Waals surface area contributed by atoms with Gasteiger partial charge in [-0.15, -0.1) is 0 Å². The maximum Gasteiger partial charge on any atom is 0.303 e. The molecule has 2 amide bonds. The SMILES string of the molecule is CC(C)n1c(O[C@@H]2C[C@H]3C(=O)C[C@]4(C(=O)NS(=O)(=O)N(C)C)C[C@@H]4/C=C\CCCCC[C@H](C)C(=O)N3C2)nc2c(-c3ccccc3)cccc21. The average molecular weight is 704 g/mol. The van der Waals surface area contributed by atoms with E-state index in [1.54, 1.807) is 4.90 Å². The van der Waals surface area contributed by atoms with Crippen molar-refractivity contribution < 1.29 is 27.5 Å². The first-order chi connectivity index (χ1) is 23.8. The summed E-state index contributed by atoms with van der Waals surface area (Å²) in [6.07, 6.45) is 8.27. The van der Waals surface area contributed by atoms with Gasteiger partial charge in [0.15, 0.2) is 5.78 Å². The number of hydrogen-bond acceptors (Lipinski definition) is 7. The fraction of sp³-hybridized carbons (Fsp3) is 0.526. The molecule has 1 saturated carbocycles. The summed E-state index contributed by atoms with van der Waals surface area (Å²) in [6.45, 7) is 6.26. The first-order valence-corrected chi connectivity index (χ1v) is 19.2. The number of carbonyl (C=O) groups is 3. The van der Waals surface area contributed by atoms with Gasteiger partial charge in [0.2, 0.25) is 11.8 Å². The Kier molecular flexibility index (Phi) is 10.2. The van der Waals surface area contributed by atoms with Crippen LogP contribution in [0.15, 0.2) is 60.7 Å². The van der Waals surface area contributed by atoms with Gasteiger partial charge in [0.1, 0.15) is 11.6 Å². The van der Waals surface area contributed by atoms with Crippen LogP contribution < -0.4 is 9.46 Å². The van der Waals surface area contributed by atoms with Crippen LogP contribution in [0.25, 0.3) is 22.2 Å². The van der Waals surface area contributed by atoms with Gasteiger partial charge < -0.3 is 9.64 Å². The summed E-state index contributed by atoms with van der Waals surface area (Å²) in [6, 6.07) is 15.8. The Morgan fingerprint density at radius 3 is 2.54 bits per heavy atom. The Morgan fingerprint density at radius 2 is 1.82 bits per heavy atom. The molecule has 2 fully saturated rings. The third kappa shape index (κ3) is 7.10. The van der Waals surface area contributed by atoms with Gasteiger partial charge in [0.05, 0.1) is 23.5 Å². The molecule has 1 N–H and O–H groups in total. The summed E-state index contributed by atoms with van der Waals surface area (Å²) >= 11 is 0. The van der Waals surface area contributed by atoms with Crippen LogP contribution in [0.1, 0.15) is 78.2 Å². The fourth-order valence-electron chi connectivity index (χ4n) is 7.53. The molecule has 2 aromatic carbocycles. The molecule has 12 heteroatoms. The number of fused-ring (bicyclic) bond motifs is 3. The van der Waals surface area contributed by atoms with E-state index < -0.39 is 33.7 Å². The molecular weight excluding hydrogens is 655 g/mol. The van der Waals surface area contributed by atoms with Crippen molar-refractivity contribution in [1.82, 2.24) is 23.5 Å². The first kappa shape index (κ1) is 35.8. The van der Waals surface area contributed by atoms with E-state index in [1.807, 2.05) is 67.6 Å². The van der Waals surface area contributed by atoms with Crippen LogP contribution in [0.5, 0.6) is 6.01 Å². The zero-order valence-electron chi connectivity index (χ0n) is 29.7. The van der Waals surface area contributed by atoms with Gasteiger partial charge in [-0.25, -0.2) is 4.72 Å². The Bertz CT molecular complexity index is 1890. The van der Waals surface area contributed by atoms with Crippen molar-refractivity contribution in [2.45, 2.75) is 90.3 Å². The van der Waals surface area contributed by atoms with E-state index in [-0.39, 0.29) is 49.0 Å². The molecule has 50 heavy (non-hydrogen) atoms.